The van der Waals surface area contributed by atoms with Crippen molar-refractivity contribution in [2.45, 2.75) is 18.7 Å². The van der Waals surface area contributed by atoms with E-state index in [0.717, 1.165) is 11.0 Å². The fourth-order valence-corrected chi connectivity index (χ4v) is 4.13. The minimum absolute atomic E-state index is 0.102. The first-order chi connectivity index (χ1) is 16.0. The number of ether oxygens (including phenoxy) is 1. The number of hydrogen-bond acceptors (Lipinski definition) is 6. The van der Waals surface area contributed by atoms with Crippen molar-refractivity contribution in [1.82, 2.24) is 29.8 Å². The molecule has 10 heteroatoms. The maximum absolute atomic E-state index is 11.9. The van der Waals surface area contributed by atoms with Gasteiger partial charge in [0.1, 0.15) is 35.3 Å². The Morgan fingerprint density at radius 3 is 2.48 bits per heavy atom. The molecule has 1 atom stereocenters. The molecule has 2 heterocycles. The average molecular weight is 481 g/mol. The van der Waals surface area contributed by atoms with Crippen molar-refractivity contribution in [1.29, 1.82) is 0 Å². The Kier molecular flexibility index (Phi) is 5.72. The van der Waals surface area contributed by atoms with Crippen LogP contribution in [0.4, 0.5) is 0 Å². The van der Waals surface area contributed by atoms with Gasteiger partial charge in [-0.15, -0.1) is 5.10 Å². The number of nitrogens with zero attached hydrogens (tertiary/aromatic N) is 6. The topological polar surface area (TPSA) is 90.9 Å². The predicted octanol–water partition coefficient (Wildman–Crippen LogP) is 4.71. The van der Waals surface area contributed by atoms with E-state index in [2.05, 4.69) is 20.4 Å². The van der Waals surface area contributed by atoms with Gasteiger partial charge in [0.25, 0.3) is 0 Å². The van der Waals surface area contributed by atoms with Gasteiger partial charge in [-0.05, 0) is 48.5 Å². The van der Waals surface area contributed by atoms with Crippen LogP contribution >= 0.6 is 23.2 Å². The molecule has 0 saturated carbocycles. The molecule has 1 unspecified atom stereocenters. The normalized spacial score (nSPS) is 13.2. The van der Waals surface area contributed by atoms with Gasteiger partial charge in [-0.3, -0.25) is 0 Å². The number of aliphatic hydroxyl groups is 1. The van der Waals surface area contributed by atoms with Gasteiger partial charge in [-0.2, -0.15) is 5.10 Å². The van der Waals surface area contributed by atoms with E-state index in [0.29, 0.717) is 27.1 Å². The molecule has 8 nitrogen and oxygen atoms in total. The molecule has 5 aromatic rings. The van der Waals surface area contributed by atoms with E-state index in [-0.39, 0.29) is 13.1 Å². The lowest BCUT2D eigenvalue weighted by Gasteiger charge is -2.29. The third-order valence-corrected chi connectivity index (χ3v) is 5.78. The van der Waals surface area contributed by atoms with Crippen LogP contribution in [0.25, 0.3) is 11.0 Å². The van der Waals surface area contributed by atoms with Crippen LogP contribution in [0.3, 0.4) is 0 Å². The highest BCUT2D eigenvalue weighted by molar-refractivity contribution is 6.31. The molecule has 0 spiro atoms. The number of rotatable bonds is 7. The Bertz CT molecular complexity index is 1390. The molecular formula is C23H18Cl2N6O2. The molecule has 1 N–H and O–H groups in total. The predicted molar refractivity (Wildman–Crippen MR) is 124 cm³/mol. The molecule has 0 aliphatic heterocycles. The Hall–Kier alpha value is -3.46. The number of hydrogen-bond donors (Lipinski definition) is 1. The minimum Gasteiger partial charge on any atom is -0.457 e. The lowest BCUT2D eigenvalue weighted by molar-refractivity contribution is -0.00457. The van der Waals surface area contributed by atoms with Crippen LogP contribution in [0, 0.1) is 0 Å². The first-order valence-corrected chi connectivity index (χ1v) is 10.8. The molecule has 166 valence electrons. The monoisotopic (exact) mass is 480 g/mol. The van der Waals surface area contributed by atoms with E-state index in [9.17, 15) is 5.11 Å². The van der Waals surface area contributed by atoms with Crippen molar-refractivity contribution in [3.8, 4) is 11.5 Å². The highest BCUT2D eigenvalue weighted by Crippen LogP contribution is 2.35. The van der Waals surface area contributed by atoms with Crippen molar-refractivity contribution in [3.63, 3.8) is 0 Å². The molecule has 2 aromatic heterocycles. The summed E-state index contributed by atoms with van der Waals surface area (Å²) in [5.74, 6) is 1.15. The van der Waals surface area contributed by atoms with Gasteiger partial charge < -0.3 is 9.84 Å². The second kappa shape index (κ2) is 8.82. The summed E-state index contributed by atoms with van der Waals surface area (Å²) in [7, 11) is 0. The third kappa shape index (κ3) is 4.54. The second-order valence-corrected chi connectivity index (χ2v) is 8.40. The summed E-state index contributed by atoms with van der Waals surface area (Å²) in [4.78, 5) is 3.98. The fourth-order valence-electron chi connectivity index (χ4n) is 3.66. The third-order valence-electron chi connectivity index (χ3n) is 5.21. The van der Waals surface area contributed by atoms with Gasteiger partial charge in [0.2, 0.25) is 0 Å². The van der Waals surface area contributed by atoms with E-state index >= 15 is 0 Å². The zero-order chi connectivity index (χ0) is 22.8. The van der Waals surface area contributed by atoms with Crippen LogP contribution in [0.15, 0.2) is 79.4 Å². The smallest absolute Gasteiger partial charge is 0.137 e. The van der Waals surface area contributed by atoms with Gasteiger partial charge in [0, 0.05) is 10.6 Å². The molecule has 0 saturated heterocycles. The Morgan fingerprint density at radius 2 is 1.73 bits per heavy atom. The lowest BCUT2D eigenvalue weighted by Crippen LogP contribution is -2.37. The maximum atomic E-state index is 11.9. The van der Waals surface area contributed by atoms with E-state index < -0.39 is 5.60 Å². The summed E-state index contributed by atoms with van der Waals surface area (Å²) in [6.07, 6.45) is 2.95. The van der Waals surface area contributed by atoms with Crippen LogP contribution in [0.2, 0.25) is 10.0 Å². The zero-order valence-corrected chi connectivity index (χ0v) is 18.7. The maximum Gasteiger partial charge on any atom is 0.137 e. The van der Waals surface area contributed by atoms with Crippen LogP contribution in [0.1, 0.15) is 5.56 Å². The second-order valence-electron chi connectivity index (χ2n) is 7.56. The van der Waals surface area contributed by atoms with Crippen molar-refractivity contribution in [2.75, 3.05) is 0 Å². The molecule has 0 bridgehead atoms. The van der Waals surface area contributed by atoms with E-state index in [1.165, 1.54) is 12.7 Å². The summed E-state index contributed by atoms with van der Waals surface area (Å²) in [6.45, 7) is 0.211. The standard InChI is InChI=1S/C23H18Cl2N6O2/c24-16-5-7-17(8-6-16)33-18-9-10-19(20(25)11-18)23(32,12-30-15-26-14-27-30)13-31-22-4-2-1-3-21(22)28-29-31/h1-11,14-15,32H,12-13H2. The molecule has 33 heavy (non-hydrogen) atoms. The minimum atomic E-state index is -1.46. The lowest BCUT2D eigenvalue weighted by atomic mass is 9.93. The number of halogens is 2. The van der Waals surface area contributed by atoms with Crippen molar-refractivity contribution >= 4 is 34.2 Å². The largest absolute Gasteiger partial charge is 0.457 e. The average Bonchev–Trinajstić information content (AvgIpc) is 3.45. The molecule has 0 radical (unpaired) electrons. The Balaban J connectivity index is 1.50. The van der Waals surface area contributed by atoms with Gasteiger partial charge >= 0.3 is 0 Å². The summed E-state index contributed by atoms with van der Waals surface area (Å²) in [6, 6.07) is 19.7. The molecule has 0 amide bonds. The van der Waals surface area contributed by atoms with Gasteiger partial charge in [0.15, 0.2) is 0 Å². The molecule has 0 fully saturated rings. The molecule has 5 rings (SSSR count). The Morgan fingerprint density at radius 1 is 0.939 bits per heavy atom. The van der Waals surface area contributed by atoms with Crippen LogP contribution in [-0.2, 0) is 18.7 Å². The molecule has 3 aromatic carbocycles. The van der Waals surface area contributed by atoms with E-state index in [1.807, 2.05) is 24.3 Å². The van der Waals surface area contributed by atoms with Gasteiger partial charge in [0.05, 0.1) is 23.6 Å². The van der Waals surface area contributed by atoms with Crippen molar-refractivity contribution in [2.24, 2.45) is 0 Å². The number of para-hydroxylation sites is 1. The number of aromatic nitrogens is 6. The Labute approximate surface area is 199 Å². The summed E-state index contributed by atoms with van der Waals surface area (Å²) in [5, 5.41) is 25.4. The van der Waals surface area contributed by atoms with Gasteiger partial charge in [-0.1, -0.05) is 46.6 Å². The SMILES string of the molecule is OC(Cn1cncn1)(Cn1nnc2ccccc21)c1ccc(Oc2ccc(Cl)cc2)cc1Cl. The first-order valence-electron chi connectivity index (χ1n) is 10.1. The molecule has 0 aliphatic carbocycles. The van der Waals surface area contributed by atoms with Crippen LogP contribution in [0.5, 0.6) is 11.5 Å². The van der Waals surface area contributed by atoms with Crippen LogP contribution in [-0.4, -0.2) is 34.9 Å². The van der Waals surface area contributed by atoms with Gasteiger partial charge in [-0.25, -0.2) is 14.3 Å². The highest BCUT2D eigenvalue weighted by atomic mass is 35.5. The number of fused-ring (bicyclic) bond motifs is 1. The van der Waals surface area contributed by atoms with Crippen molar-refractivity contribution < 1.29 is 9.84 Å². The van der Waals surface area contributed by atoms with E-state index in [4.69, 9.17) is 27.9 Å². The van der Waals surface area contributed by atoms with E-state index in [1.54, 1.807) is 51.8 Å². The first kappa shape index (κ1) is 21.4. The molecule has 0 aliphatic rings. The summed E-state index contributed by atoms with van der Waals surface area (Å²) >= 11 is 12.6. The summed E-state index contributed by atoms with van der Waals surface area (Å²) in [5.41, 5.74) is 0.578. The fraction of sp³-hybridized carbons (Fsp3) is 0.130. The number of benzene rings is 3. The highest BCUT2D eigenvalue weighted by Gasteiger charge is 2.34. The summed E-state index contributed by atoms with van der Waals surface area (Å²) < 4.78 is 9.07. The molecular weight excluding hydrogens is 463 g/mol. The van der Waals surface area contributed by atoms with Crippen LogP contribution < -0.4 is 4.74 Å². The van der Waals surface area contributed by atoms with Crippen molar-refractivity contribution in [3.05, 3.63) is 95.0 Å². The zero-order valence-electron chi connectivity index (χ0n) is 17.2. The quantitative estimate of drug-likeness (QED) is 0.362.